The number of hydrogen-bond acceptors (Lipinski definition) is 2. The molecule has 0 radical (unpaired) electrons. The van der Waals surface area contributed by atoms with E-state index in [1.54, 1.807) is 18.2 Å². The zero-order valence-corrected chi connectivity index (χ0v) is 11.8. The minimum Gasteiger partial charge on any atom is -0.492 e. The van der Waals surface area contributed by atoms with Crippen molar-refractivity contribution in [3.8, 4) is 5.75 Å². The van der Waals surface area contributed by atoms with Gasteiger partial charge < -0.3 is 9.84 Å². The molecule has 0 aliphatic carbocycles. The van der Waals surface area contributed by atoms with Gasteiger partial charge >= 0.3 is 5.97 Å². The van der Waals surface area contributed by atoms with Crippen LogP contribution in [0.5, 0.6) is 5.75 Å². The molecule has 0 heterocycles. The molecule has 0 aliphatic rings. The lowest BCUT2D eigenvalue weighted by Gasteiger charge is -2.09. The average Bonchev–Trinajstić information content (AvgIpc) is 2.41. The van der Waals surface area contributed by atoms with Crippen LogP contribution < -0.4 is 4.74 Å². The highest BCUT2D eigenvalue weighted by Gasteiger charge is 2.11. The molecule has 3 nitrogen and oxygen atoms in total. The van der Waals surface area contributed by atoms with Crippen molar-refractivity contribution in [3.63, 3.8) is 0 Å². The minimum absolute atomic E-state index is 0.169. The Bertz CT molecular complexity index is 567. The second-order valence-electron chi connectivity index (χ2n) is 4.03. The summed E-state index contributed by atoms with van der Waals surface area (Å²) in [7, 11) is 0. The van der Waals surface area contributed by atoms with Crippen LogP contribution in [-0.2, 0) is 6.42 Å². The molecule has 2 aromatic rings. The molecule has 98 valence electrons. The molecule has 1 N–H and O–H groups in total. The molecule has 0 spiro atoms. The van der Waals surface area contributed by atoms with E-state index in [-0.39, 0.29) is 5.56 Å². The molecule has 0 fully saturated rings. The van der Waals surface area contributed by atoms with Crippen LogP contribution in [0.4, 0.5) is 0 Å². The van der Waals surface area contributed by atoms with Gasteiger partial charge in [-0.05, 0) is 23.8 Å². The minimum atomic E-state index is -0.990. The number of ether oxygens (including phenoxy) is 1. The van der Waals surface area contributed by atoms with E-state index in [1.165, 1.54) is 0 Å². The Labute approximate surface area is 120 Å². The van der Waals surface area contributed by atoms with Gasteiger partial charge in [0.1, 0.15) is 11.3 Å². The van der Waals surface area contributed by atoms with E-state index in [9.17, 15) is 4.79 Å². The van der Waals surface area contributed by atoms with Crippen LogP contribution in [0.15, 0.2) is 53.0 Å². The van der Waals surface area contributed by atoms with Crippen LogP contribution in [-0.4, -0.2) is 17.7 Å². The van der Waals surface area contributed by atoms with E-state index < -0.39 is 5.97 Å². The maximum absolute atomic E-state index is 11.1. The van der Waals surface area contributed by atoms with Gasteiger partial charge in [0.05, 0.1) is 6.61 Å². The summed E-state index contributed by atoms with van der Waals surface area (Å²) in [6.45, 7) is 0.450. The largest absolute Gasteiger partial charge is 0.492 e. The molecule has 0 unspecified atom stereocenters. The molecule has 0 amide bonds. The predicted octanol–water partition coefficient (Wildman–Crippen LogP) is 3.77. The zero-order valence-electron chi connectivity index (χ0n) is 10.2. The first-order valence-electron chi connectivity index (χ1n) is 5.86. The first-order chi connectivity index (χ1) is 9.16. The molecule has 0 bridgehead atoms. The van der Waals surface area contributed by atoms with Gasteiger partial charge in [0, 0.05) is 10.9 Å². The smallest absolute Gasteiger partial charge is 0.339 e. The van der Waals surface area contributed by atoms with Gasteiger partial charge in [0.15, 0.2) is 0 Å². The van der Waals surface area contributed by atoms with Gasteiger partial charge in [-0.25, -0.2) is 4.79 Å². The fourth-order valence-electron chi connectivity index (χ4n) is 1.72. The van der Waals surface area contributed by atoms with E-state index in [2.05, 4.69) is 15.9 Å². The molecular formula is C15H13BrO3. The van der Waals surface area contributed by atoms with Crippen LogP contribution in [0.25, 0.3) is 0 Å². The molecule has 2 rings (SSSR count). The summed E-state index contributed by atoms with van der Waals surface area (Å²) >= 11 is 3.25. The van der Waals surface area contributed by atoms with E-state index in [0.29, 0.717) is 12.4 Å². The quantitative estimate of drug-likeness (QED) is 0.912. The lowest BCUT2D eigenvalue weighted by atomic mass is 10.1. The maximum Gasteiger partial charge on any atom is 0.339 e. The number of carboxylic acid groups (broad SMARTS) is 1. The first kappa shape index (κ1) is 13.6. The molecule has 0 aromatic heterocycles. The summed E-state index contributed by atoms with van der Waals surface area (Å²) in [6, 6.07) is 14.9. The summed E-state index contributed by atoms with van der Waals surface area (Å²) in [5.41, 5.74) is 1.33. The first-order valence-corrected chi connectivity index (χ1v) is 6.65. The number of benzene rings is 2. The van der Waals surface area contributed by atoms with E-state index >= 15 is 0 Å². The number of rotatable bonds is 5. The van der Waals surface area contributed by atoms with Gasteiger partial charge in [-0.2, -0.15) is 0 Å². The van der Waals surface area contributed by atoms with Crippen LogP contribution in [0.2, 0.25) is 0 Å². The SMILES string of the molecule is O=C(O)c1cc(Br)ccc1OCCc1ccccc1. The van der Waals surface area contributed by atoms with Crippen molar-refractivity contribution in [2.24, 2.45) is 0 Å². The molecule has 19 heavy (non-hydrogen) atoms. The van der Waals surface area contributed by atoms with Crippen LogP contribution in [0, 0.1) is 0 Å². The molecule has 0 atom stereocenters. The number of carbonyl (C=O) groups is 1. The number of aromatic carboxylic acids is 1. The van der Waals surface area contributed by atoms with Crippen LogP contribution in [0.1, 0.15) is 15.9 Å². The molecule has 0 aliphatic heterocycles. The third-order valence-corrected chi connectivity index (χ3v) is 3.16. The van der Waals surface area contributed by atoms with E-state index in [1.807, 2.05) is 30.3 Å². The predicted molar refractivity (Wildman–Crippen MR) is 76.7 cm³/mol. The number of halogens is 1. The molecule has 0 saturated heterocycles. The molecule has 4 heteroatoms. The van der Waals surface area contributed by atoms with Gasteiger partial charge in [-0.1, -0.05) is 46.3 Å². The third-order valence-electron chi connectivity index (χ3n) is 2.66. The highest BCUT2D eigenvalue weighted by Crippen LogP contribution is 2.23. The highest BCUT2D eigenvalue weighted by atomic mass is 79.9. The third kappa shape index (κ3) is 3.83. The van der Waals surface area contributed by atoms with E-state index in [4.69, 9.17) is 9.84 Å². The van der Waals surface area contributed by atoms with Crippen molar-refractivity contribution < 1.29 is 14.6 Å². The van der Waals surface area contributed by atoms with Gasteiger partial charge in [0.25, 0.3) is 0 Å². The van der Waals surface area contributed by atoms with Crippen molar-refractivity contribution in [2.45, 2.75) is 6.42 Å². The lowest BCUT2D eigenvalue weighted by Crippen LogP contribution is -2.06. The summed E-state index contributed by atoms with van der Waals surface area (Å²) in [4.78, 5) is 11.1. The van der Waals surface area contributed by atoms with Gasteiger partial charge in [-0.3, -0.25) is 0 Å². The standard InChI is InChI=1S/C15H13BrO3/c16-12-6-7-14(13(10-12)15(17)18)19-9-8-11-4-2-1-3-5-11/h1-7,10H,8-9H2,(H,17,18). The van der Waals surface area contributed by atoms with Crippen LogP contribution >= 0.6 is 15.9 Å². The Balaban J connectivity index is 2.02. The molecule has 2 aromatic carbocycles. The number of carboxylic acids is 1. The Morgan fingerprint density at radius 3 is 2.58 bits per heavy atom. The average molecular weight is 321 g/mol. The Morgan fingerprint density at radius 2 is 1.89 bits per heavy atom. The lowest BCUT2D eigenvalue weighted by molar-refractivity contribution is 0.0692. The van der Waals surface area contributed by atoms with Crippen molar-refractivity contribution >= 4 is 21.9 Å². The highest BCUT2D eigenvalue weighted by molar-refractivity contribution is 9.10. The Hall–Kier alpha value is -1.81. The monoisotopic (exact) mass is 320 g/mol. The van der Waals surface area contributed by atoms with Gasteiger partial charge in [0.2, 0.25) is 0 Å². The Kier molecular flexibility index (Phi) is 4.58. The summed E-state index contributed by atoms with van der Waals surface area (Å²) in [6.07, 6.45) is 0.746. The topological polar surface area (TPSA) is 46.5 Å². The Morgan fingerprint density at radius 1 is 1.16 bits per heavy atom. The second-order valence-corrected chi connectivity index (χ2v) is 4.95. The summed E-state index contributed by atoms with van der Waals surface area (Å²) in [5, 5.41) is 9.11. The van der Waals surface area contributed by atoms with Crippen molar-refractivity contribution in [3.05, 3.63) is 64.1 Å². The zero-order chi connectivity index (χ0) is 13.7. The fraction of sp³-hybridized carbons (Fsp3) is 0.133. The van der Waals surface area contributed by atoms with E-state index in [0.717, 1.165) is 16.5 Å². The van der Waals surface area contributed by atoms with Crippen molar-refractivity contribution in [1.29, 1.82) is 0 Å². The van der Waals surface area contributed by atoms with Crippen molar-refractivity contribution in [1.82, 2.24) is 0 Å². The van der Waals surface area contributed by atoms with Crippen LogP contribution in [0.3, 0.4) is 0 Å². The normalized spacial score (nSPS) is 10.2. The fourth-order valence-corrected chi connectivity index (χ4v) is 2.08. The van der Waals surface area contributed by atoms with Gasteiger partial charge in [-0.15, -0.1) is 0 Å². The molecule has 0 saturated carbocycles. The summed E-state index contributed by atoms with van der Waals surface area (Å²) in [5.74, 6) is -0.595. The number of hydrogen-bond donors (Lipinski definition) is 1. The van der Waals surface area contributed by atoms with Crippen molar-refractivity contribution in [2.75, 3.05) is 6.61 Å². The maximum atomic E-state index is 11.1. The molecular weight excluding hydrogens is 308 g/mol. The summed E-state index contributed by atoms with van der Waals surface area (Å²) < 4.78 is 6.28. The second kappa shape index (κ2) is 6.38.